The molecule has 0 aliphatic carbocycles. The number of hydrogen-bond donors (Lipinski definition) is 0. The molecule has 0 heterocycles. The Hall–Kier alpha value is -2.74. The number of hydrogen-bond acceptors (Lipinski definition) is 2. The quantitative estimate of drug-likeness (QED) is 0.530. The zero-order valence-electron chi connectivity index (χ0n) is 13.0. The van der Waals surface area contributed by atoms with E-state index < -0.39 is 0 Å². The third kappa shape index (κ3) is 5.71. The van der Waals surface area contributed by atoms with Crippen LogP contribution in [0.25, 0.3) is 12.2 Å². The zero-order valence-corrected chi connectivity index (χ0v) is 13.0. The van der Waals surface area contributed by atoms with E-state index in [1.54, 1.807) is 0 Å². The first-order chi connectivity index (χ1) is 10.7. The molecule has 0 aromatic heterocycles. The van der Waals surface area contributed by atoms with Gasteiger partial charge in [-0.3, -0.25) is 0 Å². The van der Waals surface area contributed by atoms with Gasteiger partial charge in [0.25, 0.3) is 0 Å². The number of benzene rings is 2. The lowest BCUT2D eigenvalue weighted by molar-refractivity contribution is 1.23. The highest BCUT2D eigenvalue weighted by Gasteiger charge is 1.88. The van der Waals surface area contributed by atoms with Crippen molar-refractivity contribution in [2.45, 2.75) is 13.8 Å². The van der Waals surface area contributed by atoms with Gasteiger partial charge in [-0.2, -0.15) is 10.2 Å². The maximum absolute atomic E-state index is 4.22. The third-order valence-electron chi connectivity index (χ3n) is 3.00. The highest BCUT2D eigenvalue weighted by molar-refractivity contribution is 5.99. The van der Waals surface area contributed by atoms with Crippen molar-refractivity contribution in [3.8, 4) is 0 Å². The van der Waals surface area contributed by atoms with Gasteiger partial charge in [-0.05, 0) is 37.1 Å². The Morgan fingerprint density at radius 3 is 1.36 bits per heavy atom. The molecule has 2 aromatic carbocycles. The van der Waals surface area contributed by atoms with Crippen LogP contribution in [0, 0.1) is 0 Å². The smallest absolute Gasteiger partial charge is 0.0599 e. The largest absolute Gasteiger partial charge is 0.156 e. The topological polar surface area (TPSA) is 24.7 Å². The summed E-state index contributed by atoms with van der Waals surface area (Å²) in [6.45, 7) is 3.88. The van der Waals surface area contributed by atoms with Gasteiger partial charge in [-0.25, -0.2) is 0 Å². The van der Waals surface area contributed by atoms with E-state index in [1.807, 2.05) is 74.5 Å². The first-order valence-corrected chi connectivity index (χ1v) is 7.29. The van der Waals surface area contributed by atoms with Gasteiger partial charge in [0, 0.05) is 0 Å². The maximum atomic E-state index is 4.22. The fourth-order valence-electron chi connectivity index (χ4n) is 1.79. The summed E-state index contributed by atoms with van der Waals surface area (Å²) in [5.41, 5.74) is 4.05. The van der Waals surface area contributed by atoms with Gasteiger partial charge >= 0.3 is 0 Å². The minimum absolute atomic E-state index is 0.872. The Kier molecular flexibility index (Phi) is 6.06. The van der Waals surface area contributed by atoms with E-state index in [-0.39, 0.29) is 0 Å². The molecule has 0 N–H and O–H groups in total. The summed E-state index contributed by atoms with van der Waals surface area (Å²) in [5.74, 6) is 0. The summed E-state index contributed by atoms with van der Waals surface area (Å²) in [5, 5.41) is 8.44. The number of rotatable bonds is 5. The fraction of sp³-hybridized carbons (Fsp3) is 0.100. The minimum Gasteiger partial charge on any atom is -0.156 e. The van der Waals surface area contributed by atoms with Gasteiger partial charge < -0.3 is 0 Å². The van der Waals surface area contributed by atoms with Crippen molar-refractivity contribution < 1.29 is 0 Å². The van der Waals surface area contributed by atoms with Crippen LogP contribution in [-0.2, 0) is 0 Å². The van der Waals surface area contributed by atoms with Gasteiger partial charge in [-0.1, -0.05) is 72.8 Å². The Balaban J connectivity index is 1.96. The lowest BCUT2D eigenvalue weighted by Crippen LogP contribution is -1.87. The molecule has 0 saturated carbocycles. The Bertz CT molecular complexity index is 630. The SMILES string of the molecule is CC(/C=C/c1ccccc1)=N\N=C(C)\C=C\c1ccccc1. The summed E-state index contributed by atoms with van der Waals surface area (Å²) in [7, 11) is 0. The first kappa shape index (κ1) is 15.6. The summed E-state index contributed by atoms with van der Waals surface area (Å²) < 4.78 is 0. The molecule has 0 amide bonds. The second-order valence-corrected chi connectivity index (χ2v) is 4.97. The Morgan fingerprint density at radius 1 is 0.636 bits per heavy atom. The second-order valence-electron chi connectivity index (χ2n) is 4.97. The molecule has 2 nitrogen and oxygen atoms in total. The van der Waals surface area contributed by atoms with E-state index in [0.29, 0.717) is 0 Å². The molecule has 0 spiro atoms. The third-order valence-corrected chi connectivity index (χ3v) is 3.00. The highest BCUT2D eigenvalue weighted by atomic mass is 15.2. The van der Waals surface area contributed by atoms with Crippen molar-refractivity contribution in [1.82, 2.24) is 0 Å². The van der Waals surface area contributed by atoms with Crippen LogP contribution in [0.2, 0.25) is 0 Å². The van der Waals surface area contributed by atoms with Crippen molar-refractivity contribution in [1.29, 1.82) is 0 Å². The molecule has 0 saturated heterocycles. The molecule has 0 atom stereocenters. The lowest BCUT2D eigenvalue weighted by atomic mass is 10.2. The first-order valence-electron chi connectivity index (χ1n) is 7.29. The predicted molar refractivity (Wildman–Crippen MR) is 97.2 cm³/mol. The summed E-state index contributed by atoms with van der Waals surface area (Å²) >= 11 is 0. The molecular weight excluding hydrogens is 268 g/mol. The molecule has 2 heteroatoms. The molecule has 110 valence electrons. The van der Waals surface area contributed by atoms with Gasteiger partial charge in [0.05, 0.1) is 11.4 Å². The Labute approximate surface area is 132 Å². The van der Waals surface area contributed by atoms with Gasteiger partial charge in [0.1, 0.15) is 0 Å². The van der Waals surface area contributed by atoms with E-state index in [1.165, 1.54) is 0 Å². The molecular formula is C20H20N2. The average molecular weight is 288 g/mol. The normalized spacial score (nSPS) is 13.2. The van der Waals surface area contributed by atoms with Crippen molar-refractivity contribution in [2.24, 2.45) is 10.2 Å². The summed E-state index contributed by atoms with van der Waals surface area (Å²) in [6, 6.07) is 20.3. The molecule has 0 aliphatic rings. The number of allylic oxidation sites excluding steroid dienone is 2. The van der Waals surface area contributed by atoms with Crippen molar-refractivity contribution in [3.63, 3.8) is 0 Å². The molecule has 0 bridgehead atoms. The van der Waals surface area contributed by atoms with E-state index in [9.17, 15) is 0 Å². The molecule has 0 unspecified atom stereocenters. The predicted octanol–water partition coefficient (Wildman–Crippen LogP) is 5.25. The van der Waals surface area contributed by atoms with E-state index in [4.69, 9.17) is 0 Å². The Morgan fingerprint density at radius 2 is 1.00 bits per heavy atom. The summed E-state index contributed by atoms with van der Waals surface area (Å²) in [6.07, 6.45) is 7.99. The van der Waals surface area contributed by atoms with Crippen LogP contribution in [0.1, 0.15) is 25.0 Å². The second kappa shape index (κ2) is 8.53. The minimum atomic E-state index is 0.872. The highest BCUT2D eigenvalue weighted by Crippen LogP contribution is 2.02. The van der Waals surface area contributed by atoms with Crippen LogP contribution in [0.5, 0.6) is 0 Å². The monoisotopic (exact) mass is 288 g/mol. The summed E-state index contributed by atoms with van der Waals surface area (Å²) in [4.78, 5) is 0. The van der Waals surface area contributed by atoms with Crippen LogP contribution in [-0.4, -0.2) is 11.4 Å². The average Bonchev–Trinajstić information content (AvgIpc) is 2.58. The fourth-order valence-corrected chi connectivity index (χ4v) is 1.79. The van der Waals surface area contributed by atoms with Crippen LogP contribution in [0.4, 0.5) is 0 Å². The van der Waals surface area contributed by atoms with E-state index in [2.05, 4.69) is 34.5 Å². The molecule has 22 heavy (non-hydrogen) atoms. The molecule has 0 aliphatic heterocycles. The molecule has 0 radical (unpaired) electrons. The molecule has 0 fully saturated rings. The van der Waals surface area contributed by atoms with Crippen molar-refractivity contribution >= 4 is 23.6 Å². The standard InChI is InChI=1S/C20H20N2/c1-17(13-15-19-9-5-3-6-10-19)21-22-18(2)14-16-20-11-7-4-8-12-20/h3-16H,1-2H3/b15-13+,16-14+,21-17+,22-18+. The van der Waals surface area contributed by atoms with Gasteiger partial charge in [-0.15, -0.1) is 0 Å². The van der Waals surface area contributed by atoms with Crippen LogP contribution in [0.15, 0.2) is 83.0 Å². The maximum Gasteiger partial charge on any atom is 0.0599 e. The van der Waals surface area contributed by atoms with Crippen LogP contribution in [0.3, 0.4) is 0 Å². The molecule has 2 rings (SSSR count). The lowest BCUT2D eigenvalue weighted by Gasteiger charge is -1.93. The van der Waals surface area contributed by atoms with Crippen molar-refractivity contribution in [2.75, 3.05) is 0 Å². The van der Waals surface area contributed by atoms with E-state index in [0.717, 1.165) is 22.6 Å². The number of nitrogens with zero attached hydrogens (tertiary/aromatic N) is 2. The zero-order chi connectivity index (χ0) is 15.6. The van der Waals surface area contributed by atoms with Gasteiger partial charge in [0.2, 0.25) is 0 Å². The van der Waals surface area contributed by atoms with Gasteiger partial charge in [0.15, 0.2) is 0 Å². The van der Waals surface area contributed by atoms with Crippen LogP contribution < -0.4 is 0 Å². The molecule has 2 aromatic rings. The van der Waals surface area contributed by atoms with Crippen LogP contribution >= 0.6 is 0 Å². The van der Waals surface area contributed by atoms with E-state index >= 15 is 0 Å². The van der Waals surface area contributed by atoms with Crippen molar-refractivity contribution in [3.05, 3.63) is 83.9 Å².